The number of halogens is 2. The highest BCUT2D eigenvalue weighted by atomic mass is 19.1. The average Bonchev–Trinajstić information content (AvgIpc) is 2.44. The number of rotatable bonds is 7. The molecule has 1 rings (SSSR count). The Kier molecular flexibility index (Phi) is 7.11. The van der Waals surface area contributed by atoms with E-state index in [1.54, 1.807) is 13.8 Å². The monoisotopic (exact) mass is 327 g/mol. The number of carbonyl (C=O) groups is 3. The molecule has 126 valence electrons. The van der Waals surface area contributed by atoms with Crippen LogP contribution in [0.25, 0.3) is 0 Å². The molecule has 0 heterocycles. The van der Waals surface area contributed by atoms with Crippen LogP contribution in [0.4, 0.5) is 8.78 Å². The summed E-state index contributed by atoms with van der Waals surface area (Å²) in [5.74, 6) is -3.24. The summed E-state index contributed by atoms with van der Waals surface area (Å²) in [4.78, 5) is 34.5. The largest absolute Gasteiger partial charge is 0.352 e. The summed E-state index contributed by atoms with van der Waals surface area (Å²) >= 11 is 0. The van der Waals surface area contributed by atoms with Crippen LogP contribution in [-0.4, -0.2) is 36.9 Å². The fraction of sp³-hybridized carbons (Fsp3) is 0.400. The van der Waals surface area contributed by atoms with Crippen molar-refractivity contribution in [3.63, 3.8) is 0 Å². The van der Waals surface area contributed by atoms with Crippen molar-refractivity contribution in [3.8, 4) is 0 Å². The van der Waals surface area contributed by atoms with Crippen LogP contribution in [0.2, 0.25) is 0 Å². The maximum atomic E-state index is 13.4. The standard InChI is InChI=1S/C15H19F2N3O3/c1-9(2)20-14(22)8-19-13(21)5-6-18-15(23)11-4-3-10(16)7-12(11)17/h3-4,7,9H,5-6,8H2,1-2H3,(H,18,23)(H,19,21)(H,20,22). The average molecular weight is 327 g/mol. The molecule has 0 saturated heterocycles. The van der Waals surface area contributed by atoms with Crippen molar-refractivity contribution in [3.05, 3.63) is 35.4 Å². The van der Waals surface area contributed by atoms with Gasteiger partial charge >= 0.3 is 0 Å². The lowest BCUT2D eigenvalue weighted by Gasteiger charge is -2.09. The highest BCUT2D eigenvalue weighted by Gasteiger charge is 2.13. The van der Waals surface area contributed by atoms with E-state index in [0.717, 1.165) is 12.1 Å². The fourth-order valence-corrected chi connectivity index (χ4v) is 1.70. The van der Waals surface area contributed by atoms with Crippen molar-refractivity contribution in [1.82, 2.24) is 16.0 Å². The topological polar surface area (TPSA) is 87.3 Å². The smallest absolute Gasteiger partial charge is 0.254 e. The molecular formula is C15H19F2N3O3. The summed E-state index contributed by atoms with van der Waals surface area (Å²) in [6.45, 7) is 3.40. The van der Waals surface area contributed by atoms with E-state index in [9.17, 15) is 23.2 Å². The van der Waals surface area contributed by atoms with Gasteiger partial charge in [0.1, 0.15) is 11.6 Å². The molecule has 1 aromatic carbocycles. The van der Waals surface area contributed by atoms with E-state index in [0.29, 0.717) is 6.07 Å². The second kappa shape index (κ2) is 8.82. The Hall–Kier alpha value is -2.51. The van der Waals surface area contributed by atoms with Crippen LogP contribution in [0, 0.1) is 11.6 Å². The summed E-state index contributed by atoms with van der Waals surface area (Å²) < 4.78 is 26.1. The predicted molar refractivity (Wildman–Crippen MR) is 79.6 cm³/mol. The van der Waals surface area contributed by atoms with Gasteiger partial charge in [-0.05, 0) is 26.0 Å². The van der Waals surface area contributed by atoms with Gasteiger partial charge in [-0.15, -0.1) is 0 Å². The van der Waals surface area contributed by atoms with Crippen LogP contribution in [0.1, 0.15) is 30.6 Å². The summed E-state index contributed by atoms with van der Waals surface area (Å²) in [5.41, 5.74) is -0.303. The lowest BCUT2D eigenvalue weighted by Crippen LogP contribution is -2.40. The lowest BCUT2D eigenvalue weighted by molar-refractivity contribution is -0.126. The number of amides is 3. The van der Waals surface area contributed by atoms with E-state index < -0.39 is 23.4 Å². The first-order chi connectivity index (χ1) is 10.8. The molecule has 1 aromatic rings. The van der Waals surface area contributed by atoms with Crippen LogP contribution >= 0.6 is 0 Å². The minimum atomic E-state index is -0.975. The first kappa shape index (κ1) is 18.5. The molecule has 23 heavy (non-hydrogen) atoms. The van der Waals surface area contributed by atoms with E-state index in [1.807, 2.05) is 0 Å². The lowest BCUT2D eigenvalue weighted by atomic mass is 10.2. The van der Waals surface area contributed by atoms with Crippen molar-refractivity contribution in [2.24, 2.45) is 0 Å². The molecule has 8 heteroatoms. The van der Waals surface area contributed by atoms with Gasteiger partial charge in [0.2, 0.25) is 11.8 Å². The van der Waals surface area contributed by atoms with Gasteiger partial charge in [0.25, 0.3) is 5.91 Å². The van der Waals surface area contributed by atoms with Crippen LogP contribution in [0.3, 0.4) is 0 Å². The van der Waals surface area contributed by atoms with Crippen molar-refractivity contribution >= 4 is 17.7 Å². The van der Waals surface area contributed by atoms with Gasteiger partial charge < -0.3 is 16.0 Å². The van der Waals surface area contributed by atoms with Gasteiger partial charge in [-0.2, -0.15) is 0 Å². The Morgan fingerprint density at radius 2 is 1.78 bits per heavy atom. The predicted octanol–water partition coefficient (Wildman–Crippen LogP) is 0.725. The Labute approximate surface area is 132 Å². The zero-order valence-corrected chi connectivity index (χ0v) is 12.9. The summed E-state index contributed by atoms with van der Waals surface area (Å²) in [6, 6.07) is 2.58. The Morgan fingerprint density at radius 1 is 1.09 bits per heavy atom. The number of benzene rings is 1. The Bertz CT molecular complexity index is 591. The zero-order valence-electron chi connectivity index (χ0n) is 12.9. The molecule has 0 radical (unpaired) electrons. The van der Waals surface area contributed by atoms with Crippen molar-refractivity contribution < 1.29 is 23.2 Å². The van der Waals surface area contributed by atoms with Crippen LogP contribution in [0.15, 0.2) is 18.2 Å². The third-order valence-electron chi connectivity index (χ3n) is 2.71. The van der Waals surface area contributed by atoms with E-state index >= 15 is 0 Å². The van der Waals surface area contributed by atoms with Gasteiger partial charge in [-0.1, -0.05) is 0 Å². The maximum Gasteiger partial charge on any atom is 0.254 e. The molecule has 0 aliphatic rings. The van der Waals surface area contributed by atoms with Gasteiger partial charge in [-0.3, -0.25) is 14.4 Å². The molecule has 0 bridgehead atoms. The quantitative estimate of drug-likeness (QED) is 0.690. The Balaban J connectivity index is 2.32. The van der Waals surface area contributed by atoms with E-state index in [-0.39, 0.29) is 37.0 Å². The first-order valence-corrected chi connectivity index (χ1v) is 7.09. The Morgan fingerprint density at radius 3 is 2.39 bits per heavy atom. The minimum absolute atomic E-state index is 0.0238. The highest BCUT2D eigenvalue weighted by molar-refractivity contribution is 5.94. The van der Waals surface area contributed by atoms with Crippen LogP contribution in [-0.2, 0) is 9.59 Å². The molecule has 6 nitrogen and oxygen atoms in total. The number of carbonyl (C=O) groups excluding carboxylic acids is 3. The maximum absolute atomic E-state index is 13.4. The normalized spacial score (nSPS) is 10.3. The van der Waals surface area contributed by atoms with Crippen molar-refractivity contribution in [1.29, 1.82) is 0 Å². The molecule has 0 aromatic heterocycles. The van der Waals surface area contributed by atoms with Gasteiger partial charge in [0.15, 0.2) is 0 Å². The summed E-state index contributed by atoms with van der Waals surface area (Å²) in [7, 11) is 0. The number of hydrogen-bond acceptors (Lipinski definition) is 3. The summed E-state index contributed by atoms with van der Waals surface area (Å²) in [6.07, 6.45) is -0.0660. The van der Waals surface area contributed by atoms with Crippen LogP contribution in [0.5, 0.6) is 0 Å². The molecule has 3 N–H and O–H groups in total. The molecular weight excluding hydrogens is 308 g/mol. The molecule has 3 amide bonds. The third-order valence-corrected chi connectivity index (χ3v) is 2.71. The third kappa shape index (κ3) is 6.86. The van der Waals surface area contributed by atoms with E-state index in [1.165, 1.54) is 0 Å². The summed E-state index contributed by atoms with van der Waals surface area (Å²) in [5, 5.41) is 7.35. The molecule has 0 atom stereocenters. The molecule has 0 spiro atoms. The molecule has 0 unspecified atom stereocenters. The van der Waals surface area contributed by atoms with E-state index in [4.69, 9.17) is 0 Å². The number of hydrogen-bond donors (Lipinski definition) is 3. The second-order valence-electron chi connectivity index (χ2n) is 5.13. The number of nitrogens with one attached hydrogen (secondary N) is 3. The highest BCUT2D eigenvalue weighted by Crippen LogP contribution is 2.09. The van der Waals surface area contributed by atoms with Crippen molar-refractivity contribution in [2.45, 2.75) is 26.3 Å². The van der Waals surface area contributed by atoms with Gasteiger partial charge in [0.05, 0.1) is 12.1 Å². The molecule has 0 fully saturated rings. The van der Waals surface area contributed by atoms with E-state index in [2.05, 4.69) is 16.0 Å². The minimum Gasteiger partial charge on any atom is -0.352 e. The first-order valence-electron chi connectivity index (χ1n) is 7.09. The van der Waals surface area contributed by atoms with Gasteiger partial charge in [-0.25, -0.2) is 8.78 Å². The second-order valence-corrected chi connectivity index (χ2v) is 5.13. The van der Waals surface area contributed by atoms with Crippen LogP contribution < -0.4 is 16.0 Å². The molecule has 0 aliphatic carbocycles. The van der Waals surface area contributed by atoms with Crippen molar-refractivity contribution in [2.75, 3.05) is 13.1 Å². The SMILES string of the molecule is CC(C)NC(=O)CNC(=O)CCNC(=O)c1ccc(F)cc1F. The molecule has 0 saturated carbocycles. The fourth-order valence-electron chi connectivity index (χ4n) is 1.70. The van der Waals surface area contributed by atoms with Gasteiger partial charge in [0, 0.05) is 25.1 Å². The zero-order chi connectivity index (χ0) is 17.4. The molecule has 0 aliphatic heterocycles.